The van der Waals surface area contributed by atoms with Crippen molar-refractivity contribution in [2.24, 2.45) is 0 Å². The summed E-state index contributed by atoms with van der Waals surface area (Å²) in [6.07, 6.45) is 0.0756. The fraction of sp³-hybridized carbons (Fsp3) is 0.227. The van der Waals surface area contributed by atoms with Gasteiger partial charge in [-0.2, -0.15) is 0 Å². The zero-order valence-corrected chi connectivity index (χ0v) is 15.1. The van der Waals surface area contributed by atoms with E-state index in [1.807, 2.05) is 54.6 Å². The fourth-order valence-corrected chi connectivity index (χ4v) is 3.14. The number of amides is 1. The van der Waals surface area contributed by atoms with Crippen molar-refractivity contribution in [2.45, 2.75) is 12.5 Å². The molecule has 4 nitrogen and oxygen atoms in total. The van der Waals surface area contributed by atoms with Gasteiger partial charge < -0.3 is 14.8 Å². The van der Waals surface area contributed by atoms with Crippen LogP contribution in [0.3, 0.4) is 0 Å². The van der Waals surface area contributed by atoms with Gasteiger partial charge in [-0.25, -0.2) is 0 Å². The average molecular weight is 349 g/mol. The van der Waals surface area contributed by atoms with Gasteiger partial charge in [-0.15, -0.1) is 0 Å². The molecule has 1 atom stereocenters. The van der Waals surface area contributed by atoms with Gasteiger partial charge in [-0.05, 0) is 22.4 Å². The zero-order chi connectivity index (χ0) is 18.4. The van der Waals surface area contributed by atoms with Crippen molar-refractivity contribution in [2.75, 3.05) is 20.8 Å². The minimum absolute atomic E-state index is 0.0294. The molecule has 0 aliphatic rings. The fourth-order valence-electron chi connectivity index (χ4n) is 3.14. The van der Waals surface area contributed by atoms with Crippen molar-refractivity contribution in [1.29, 1.82) is 0 Å². The minimum atomic E-state index is -0.261. The Morgan fingerprint density at radius 1 is 0.962 bits per heavy atom. The lowest BCUT2D eigenvalue weighted by Gasteiger charge is -2.19. The first-order valence-corrected chi connectivity index (χ1v) is 8.62. The van der Waals surface area contributed by atoms with Crippen molar-refractivity contribution in [3.8, 4) is 5.75 Å². The molecule has 3 aromatic rings. The van der Waals surface area contributed by atoms with E-state index in [9.17, 15) is 4.79 Å². The molecular formula is C22H23NO3. The van der Waals surface area contributed by atoms with Crippen LogP contribution in [0.4, 0.5) is 0 Å². The average Bonchev–Trinajstić information content (AvgIpc) is 2.69. The van der Waals surface area contributed by atoms with Gasteiger partial charge in [-0.3, -0.25) is 4.79 Å². The van der Waals surface area contributed by atoms with Crippen LogP contribution in [0, 0.1) is 0 Å². The number of rotatable bonds is 7. The second kappa shape index (κ2) is 8.50. The summed E-state index contributed by atoms with van der Waals surface area (Å²) in [7, 11) is 3.26. The minimum Gasteiger partial charge on any atom is -0.496 e. The van der Waals surface area contributed by atoms with Crippen molar-refractivity contribution in [1.82, 2.24) is 5.32 Å². The summed E-state index contributed by atoms with van der Waals surface area (Å²) in [6.45, 7) is 0.389. The Morgan fingerprint density at radius 2 is 1.69 bits per heavy atom. The molecule has 0 heterocycles. The standard InChI is InChI=1S/C22H23NO3/c1-25-20-13-6-5-12-19(20)21(26-2)15-23-22(24)14-17-10-7-9-16-8-3-4-11-18(16)17/h3-13,21H,14-15H2,1-2H3,(H,23,24)/t21-/m0/s1. The molecule has 0 aromatic heterocycles. The lowest BCUT2D eigenvalue weighted by molar-refractivity contribution is -0.121. The van der Waals surface area contributed by atoms with E-state index in [1.54, 1.807) is 14.2 Å². The molecule has 3 aromatic carbocycles. The predicted molar refractivity (Wildman–Crippen MR) is 103 cm³/mol. The SMILES string of the molecule is COc1ccccc1[C@H](CNC(=O)Cc1cccc2ccccc12)OC. The molecule has 0 saturated carbocycles. The van der Waals surface area contributed by atoms with E-state index >= 15 is 0 Å². The number of fused-ring (bicyclic) bond motifs is 1. The zero-order valence-electron chi connectivity index (χ0n) is 15.1. The van der Waals surface area contributed by atoms with Gasteiger partial charge in [0.1, 0.15) is 11.9 Å². The van der Waals surface area contributed by atoms with Crippen molar-refractivity contribution in [3.63, 3.8) is 0 Å². The maximum Gasteiger partial charge on any atom is 0.224 e. The Labute approximate surface area is 153 Å². The van der Waals surface area contributed by atoms with E-state index in [1.165, 1.54) is 0 Å². The van der Waals surface area contributed by atoms with Gasteiger partial charge in [0.2, 0.25) is 5.91 Å². The van der Waals surface area contributed by atoms with E-state index in [-0.39, 0.29) is 12.0 Å². The molecule has 1 amide bonds. The van der Waals surface area contributed by atoms with Gasteiger partial charge in [0.05, 0.1) is 13.5 Å². The van der Waals surface area contributed by atoms with E-state index in [0.29, 0.717) is 13.0 Å². The summed E-state index contributed by atoms with van der Waals surface area (Å²) >= 11 is 0. The third-order valence-corrected chi connectivity index (χ3v) is 4.49. The van der Waals surface area contributed by atoms with E-state index in [2.05, 4.69) is 17.4 Å². The monoisotopic (exact) mass is 349 g/mol. The second-order valence-corrected chi connectivity index (χ2v) is 6.09. The van der Waals surface area contributed by atoms with Gasteiger partial charge in [0, 0.05) is 19.2 Å². The molecular weight excluding hydrogens is 326 g/mol. The summed E-state index contributed by atoms with van der Waals surface area (Å²) in [5.41, 5.74) is 1.94. The summed E-state index contributed by atoms with van der Waals surface area (Å²) in [5, 5.41) is 5.23. The smallest absolute Gasteiger partial charge is 0.224 e. The van der Waals surface area contributed by atoms with Crippen LogP contribution in [-0.4, -0.2) is 26.7 Å². The number of benzene rings is 3. The number of carbonyl (C=O) groups is 1. The van der Waals surface area contributed by atoms with Crippen LogP contribution in [-0.2, 0) is 16.0 Å². The number of para-hydroxylation sites is 1. The second-order valence-electron chi connectivity index (χ2n) is 6.09. The molecule has 26 heavy (non-hydrogen) atoms. The Morgan fingerprint density at radius 3 is 2.50 bits per heavy atom. The predicted octanol–water partition coefficient (Wildman–Crippen LogP) is 3.89. The van der Waals surface area contributed by atoms with Crippen LogP contribution in [0.1, 0.15) is 17.2 Å². The van der Waals surface area contributed by atoms with Crippen LogP contribution in [0.25, 0.3) is 10.8 Å². The summed E-state index contributed by atoms with van der Waals surface area (Å²) in [4.78, 5) is 12.5. The summed E-state index contributed by atoms with van der Waals surface area (Å²) in [6, 6.07) is 21.8. The molecule has 4 heteroatoms. The Balaban J connectivity index is 1.68. The molecule has 0 fully saturated rings. The van der Waals surface area contributed by atoms with Gasteiger partial charge in [0.25, 0.3) is 0 Å². The molecule has 0 radical (unpaired) electrons. The Kier molecular flexibility index (Phi) is 5.87. The van der Waals surface area contributed by atoms with Crippen LogP contribution >= 0.6 is 0 Å². The first-order valence-electron chi connectivity index (χ1n) is 8.62. The number of hydrogen-bond acceptors (Lipinski definition) is 3. The van der Waals surface area contributed by atoms with Crippen molar-refractivity contribution in [3.05, 3.63) is 77.9 Å². The number of carbonyl (C=O) groups excluding carboxylic acids is 1. The molecule has 134 valence electrons. The van der Waals surface area contributed by atoms with E-state index < -0.39 is 0 Å². The van der Waals surface area contributed by atoms with Crippen LogP contribution in [0.15, 0.2) is 66.7 Å². The quantitative estimate of drug-likeness (QED) is 0.704. The normalized spacial score (nSPS) is 11.9. The van der Waals surface area contributed by atoms with Crippen LogP contribution in [0.2, 0.25) is 0 Å². The molecule has 0 unspecified atom stereocenters. The maximum absolute atomic E-state index is 12.5. The summed E-state index contributed by atoms with van der Waals surface area (Å²) < 4.78 is 10.9. The molecule has 0 aliphatic heterocycles. The first kappa shape index (κ1) is 18.0. The van der Waals surface area contributed by atoms with Crippen LogP contribution in [0.5, 0.6) is 5.75 Å². The molecule has 0 spiro atoms. The van der Waals surface area contributed by atoms with E-state index in [0.717, 1.165) is 27.6 Å². The van der Waals surface area contributed by atoms with Gasteiger partial charge in [0.15, 0.2) is 0 Å². The lowest BCUT2D eigenvalue weighted by atomic mass is 10.0. The maximum atomic E-state index is 12.5. The largest absolute Gasteiger partial charge is 0.496 e. The third-order valence-electron chi connectivity index (χ3n) is 4.49. The van der Waals surface area contributed by atoms with Gasteiger partial charge in [-0.1, -0.05) is 60.7 Å². The van der Waals surface area contributed by atoms with E-state index in [4.69, 9.17) is 9.47 Å². The molecule has 1 N–H and O–H groups in total. The summed E-state index contributed by atoms with van der Waals surface area (Å²) in [5.74, 6) is 0.723. The van der Waals surface area contributed by atoms with Crippen molar-refractivity contribution >= 4 is 16.7 Å². The highest BCUT2D eigenvalue weighted by atomic mass is 16.5. The van der Waals surface area contributed by atoms with Crippen molar-refractivity contribution < 1.29 is 14.3 Å². The highest BCUT2D eigenvalue weighted by Gasteiger charge is 2.16. The molecule has 0 aliphatic carbocycles. The number of nitrogens with one attached hydrogen (secondary N) is 1. The molecule has 0 saturated heterocycles. The number of ether oxygens (including phenoxy) is 2. The highest BCUT2D eigenvalue weighted by Crippen LogP contribution is 2.26. The third kappa shape index (κ3) is 4.03. The number of hydrogen-bond donors (Lipinski definition) is 1. The van der Waals surface area contributed by atoms with Gasteiger partial charge >= 0.3 is 0 Å². The number of methoxy groups -OCH3 is 2. The van der Waals surface area contributed by atoms with Crippen LogP contribution < -0.4 is 10.1 Å². The first-order chi connectivity index (χ1) is 12.7. The Bertz CT molecular complexity index is 886. The molecule has 0 bridgehead atoms. The highest BCUT2D eigenvalue weighted by molar-refractivity contribution is 5.90. The molecule has 3 rings (SSSR count). The topological polar surface area (TPSA) is 47.6 Å². The Hall–Kier alpha value is -2.85. The lowest BCUT2D eigenvalue weighted by Crippen LogP contribution is -2.30.